The highest BCUT2D eigenvalue weighted by molar-refractivity contribution is 5.87. The van der Waals surface area contributed by atoms with Crippen molar-refractivity contribution in [3.63, 3.8) is 0 Å². The topological polar surface area (TPSA) is 80.7 Å². The minimum absolute atomic E-state index is 0.287. The summed E-state index contributed by atoms with van der Waals surface area (Å²) >= 11 is 0. The SMILES string of the molecule is COCCOc1ncccc1CNCc1ccc(C(=O)O)cc1. The maximum absolute atomic E-state index is 10.8. The van der Waals surface area contributed by atoms with Gasteiger partial charge in [-0.2, -0.15) is 0 Å². The van der Waals surface area contributed by atoms with Gasteiger partial charge in [-0.1, -0.05) is 18.2 Å². The molecule has 0 amide bonds. The number of rotatable bonds is 9. The van der Waals surface area contributed by atoms with Crippen LogP contribution in [-0.4, -0.2) is 36.4 Å². The summed E-state index contributed by atoms with van der Waals surface area (Å²) < 4.78 is 10.5. The van der Waals surface area contributed by atoms with E-state index in [1.807, 2.05) is 12.1 Å². The molecule has 0 saturated heterocycles. The Labute approximate surface area is 135 Å². The molecule has 1 aromatic carbocycles. The van der Waals surface area contributed by atoms with E-state index >= 15 is 0 Å². The first kappa shape index (κ1) is 16.9. The van der Waals surface area contributed by atoms with Crippen LogP contribution < -0.4 is 10.1 Å². The van der Waals surface area contributed by atoms with Crippen LogP contribution in [0.25, 0.3) is 0 Å². The van der Waals surface area contributed by atoms with Crippen molar-refractivity contribution in [2.24, 2.45) is 0 Å². The summed E-state index contributed by atoms with van der Waals surface area (Å²) in [5.74, 6) is -0.323. The normalized spacial score (nSPS) is 10.5. The highest BCUT2D eigenvalue weighted by Gasteiger charge is 2.05. The second-order valence-corrected chi connectivity index (χ2v) is 4.91. The van der Waals surface area contributed by atoms with Gasteiger partial charge in [0.2, 0.25) is 5.88 Å². The van der Waals surface area contributed by atoms with Crippen molar-refractivity contribution in [2.45, 2.75) is 13.1 Å². The lowest BCUT2D eigenvalue weighted by Crippen LogP contribution is -2.15. The van der Waals surface area contributed by atoms with Gasteiger partial charge in [0.15, 0.2) is 0 Å². The van der Waals surface area contributed by atoms with Crippen LogP contribution in [0.1, 0.15) is 21.5 Å². The molecule has 6 nitrogen and oxygen atoms in total. The number of carboxylic acids is 1. The summed E-state index contributed by atoms with van der Waals surface area (Å²) in [6.45, 7) is 2.21. The minimum atomic E-state index is -0.919. The van der Waals surface area contributed by atoms with Gasteiger partial charge < -0.3 is 19.9 Å². The zero-order valence-electron chi connectivity index (χ0n) is 13.0. The number of hydrogen-bond acceptors (Lipinski definition) is 5. The van der Waals surface area contributed by atoms with Gasteiger partial charge in [-0.3, -0.25) is 0 Å². The highest BCUT2D eigenvalue weighted by atomic mass is 16.5. The standard InChI is InChI=1S/C17H20N2O4/c1-22-9-10-23-16-15(3-2-8-19-16)12-18-11-13-4-6-14(7-5-13)17(20)21/h2-8,18H,9-12H2,1H3,(H,20,21). The molecule has 0 atom stereocenters. The molecule has 0 radical (unpaired) electrons. The molecule has 0 bridgehead atoms. The summed E-state index contributed by atoms with van der Waals surface area (Å²) in [5.41, 5.74) is 2.27. The first-order valence-corrected chi connectivity index (χ1v) is 7.29. The van der Waals surface area contributed by atoms with Crippen molar-refractivity contribution in [3.05, 3.63) is 59.3 Å². The van der Waals surface area contributed by atoms with Crippen molar-refractivity contribution in [1.82, 2.24) is 10.3 Å². The van der Waals surface area contributed by atoms with Crippen molar-refractivity contribution < 1.29 is 19.4 Å². The number of nitrogens with zero attached hydrogens (tertiary/aromatic N) is 1. The molecule has 1 heterocycles. The van der Waals surface area contributed by atoms with Crippen LogP contribution in [0.2, 0.25) is 0 Å². The molecule has 0 aliphatic heterocycles. The molecular weight excluding hydrogens is 296 g/mol. The molecule has 122 valence electrons. The van der Waals surface area contributed by atoms with Crippen LogP contribution in [0, 0.1) is 0 Å². The Morgan fingerprint density at radius 3 is 2.65 bits per heavy atom. The van der Waals surface area contributed by atoms with Crippen LogP contribution in [0.15, 0.2) is 42.6 Å². The van der Waals surface area contributed by atoms with E-state index in [2.05, 4.69) is 10.3 Å². The summed E-state index contributed by atoms with van der Waals surface area (Å²) in [7, 11) is 1.62. The minimum Gasteiger partial charge on any atom is -0.478 e. The molecule has 2 aromatic rings. The second kappa shape index (κ2) is 8.87. The van der Waals surface area contributed by atoms with Crippen LogP contribution in [-0.2, 0) is 17.8 Å². The van der Waals surface area contributed by atoms with Crippen molar-refractivity contribution >= 4 is 5.97 Å². The van der Waals surface area contributed by atoms with Gasteiger partial charge in [-0.25, -0.2) is 9.78 Å². The van der Waals surface area contributed by atoms with Gasteiger partial charge >= 0.3 is 5.97 Å². The molecule has 0 aliphatic carbocycles. The Morgan fingerprint density at radius 1 is 1.17 bits per heavy atom. The number of ether oxygens (including phenoxy) is 2. The molecule has 0 spiro atoms. The smallest absolute Gasteiger partial charge is 0.335 e. The fraction of sp³-hybridized carbons (Fsp3) is 0.294. The number of methoxy groups -OCH3 is 1. The van der Waals surface area contributed by atoms with Gasteiger partial charge in [-0.05, 0) is 23.8 Å². The number of carbonyl (C=O) groups is 1. The number of hydrogen-bond donors (Lipinski definition) is 2. The second-order valence-electron chi connectivity index (χ2n) is 4.91. The molecule has 2 rings (SSSR count). The lowest BCUT2D eigenvalue weighted by molar-refractivity contribution is 0.0697. The summed E-state index contributed by atoms with van der Waals surface area (Å²) in [5, 5.41) is 12.2. The van der Waals surface area contributed by atoms with E-state index < -0.39 is 5.97 Å². The molecule has 1 aromatic heterocycles. The lowest BCUT2D eigenvalue weighted by atomic mass is 10.1. The zero-order chi connectivity index (χ0) is 16.5. The van der Waals surface area contributed by atoms with Gasteiger partial charge in [0.1, 0.15) is 6.61 Å². The predicted octanol–water partition coefficient (Wildman–Crippen LogP) is 2.09. The number of carboxylic acid groups (broad SMARTS) is 1. The number of aromatic carboxylic acids is 1. The first-order chi connectivity index (χ1) is 11.2. The number of pyridine rings is 1. The van der Waals surface area contributed by atoms with Gasteiger partial charge in [-0.15, -0.1) is 0 Å². The maximum atomic E-state index is 10.8. The van der Waals surface area contributed by atoms with E-state index in [9.17, 15) is 4.79 Å². The van der Waals surface area contributed by atoms with Crippen molar-refractivity contribution in [2.75, 3.05) is 20.3 Å². The highest BCUT2D eigenvalue weighted by Crippen LogP contribution is 2.14. The molecular formula is C17H20N2O4. The maximum Gasteiger partial charge on any atom is 0.335 e. The fourth-order valence-electron chi connectivity index (χ4n) is 2.02. The fourth-order valence-corrected chi connectivity index (χ4v) is 2.02. The Kier molecular flexibility index (Phi) is 6.53. The van der Waals surface area contributed by atoms with Crippen LogP contribution >= 0.6 is 0 Å². The van der Waals surface area contributed by atoms with Crippen molar-refractivity contribution in [3.8, 4) is 5.88 Å². The first-order valence-electron chi connectivity index (χ1n) is 7.29. The lowest BCUT2D eigenvalue weighted by Gasteiger charge is -2.11. The summed E-state index contributed by atoms with van der Waals surface area (Å²) in [4.78, 5) is 15.0. The third-order valence-electron chi connectivity index (χ3n) is 3.22. The third kappa shape index (κ3) is 5.36. The zero-order valence-corrected chi connectivity index (χ0v) is 13.0. The average Bonchev–Trinajstić information content (AvgIpc) is 2.57. The van der Waals surface area contributed by atoms with E-state index in [0.29, 0.717) is 32.2 Å². The van der Waals surface area contributed by atoms with Gasteiger partial charge in [0.25, 0.3) is 0 Å². The van der Waals surface area contributed by atoms with Crippen LogP contribution in [0.4, 0.5) is 0 Å². The third-order valence-corrected chi connectivity index (χ3v) is 3.22. The van der Waals surface area contributed by atoms with E-state index in [1.165, 1.54) is 0 Å². The quantitative estimate of drug-likeness (QED) is 0.690. The Hall–Kier alpha value is -2.44. The Bertz CT molecular complexity index is 629. The van der Waals surface area contributed by atoms with E-state index in [4.69, 9.17) is 14.6 Å². The molecule has 0 fully saturated rings. The average molecular weight is 316 g/mol. The summed E-state index contributed by atoms with van der Waals surface area (Å²) in [6.07, 6.45) is 1.69. The molecule has 0 unspecified atom stereocenters. The number of benzene rings is 1. The monoisotopic (exact) mass is 316 g/mol. The number of nitrogens with one attached hydrogen (secondary N) is 1. The molecule has 6 heteroatoms. The largest absolute Gasteiger partial charge is 0.478 e. The summed E-state index contributed by atoms with van der Waals surface area (Å²) in [6, 6.07) is 10.6. The van der Waals surface area contributed by atoms with E-state index in [-0.39, 0.29) is 5.56 Å². The van der Waals surface area contributed by atoms with Gasteiger partial charge in [0.05, 0.1) is 12.2 Å². The van der Waals surface area contributed by atoms with Gasteiger partial charge in [0, 0.05) is 32.0 Å². The molecule has 0 saturated carbocycles. The van der Waals surface area contributed by atoms with Crippen molar-refractivity contribution in [1.29, 1.82) is 0 Å². The Morgan fingerprint density at radius 2 is 1.96 bits per heavy atom. The van der Waals surface area contributed by atoms with Crippen LogP contribution in [0.5, 0.6) is 5.88 Å². The Balaban J connectivity index is 1.87. The molecule has 23 heavy (non-hydrogen) atoms. The molecule has 0 aliphatic rings. The van der Waals surface area contributed by atoms with E-state index in [0.717, 1.165) is 11.1 Å². The molecule has 2 N–H and O–H groups in total. The van der Waals surface area contributed by atoms with E-state index in [1.54, 1.807) is 37.6 Å². The number of aromatic nitrogens is 1. The predicted molar refractivity (Wildman–Crippen MR) is 85.6 cm³/mol. The van der Waals surface area contributed by atoms with Crippen LogP contribution in [0.3, 0.4) is 0 Å².